The quantitative estimate of drug-likeness (QED) is 0.500. The summed E-state index contributed by atoms with van der Waals surface area (Å²) in [6, 6.07) is 11.0. The van der Waals surface area contributed by atoms with E-state index in [1.165, 1.54) is 41.8 Å². The third-order valence-electron chi connectivity index (χ3n) is 3.19. The maximum Gasteiger partial charge on any atom is 0.0843 e. The van der Waals surface area contributed by atoms with E-state index in [1.807, 2.05) is 0 Å². The zero-order chi connectivity index (χ0) is 14.4. The van der Waals surface area contributed by atoms with E-state index in [9.17, 15) is 0 Å². The molecule has 2 aromatic rings. The summed E-state index contributed by atoms with van der Waals surface area (Å²) >= 11 is 8.80. The van der Waals surface area contributed by atoms with Crippen LogP contribution in [0.25, 0.3) is 0 Å². The number of rotatable bonds is 7. The molecular weight excluding hydrogens is 398 g/mol. The molecule has 0 unspecified atom stereocenters. The lowest BCUT2D eigenvalue weighted by atomic mass is 10.1. The van der Waals surface area contributed by atoms with Crippen molar-refractivity contribution in [2.75, 3.05) is 5.32 Å². The van der Waals surface area contributed by atoms with E-state index in [-0.39, 0.29) is 0 Å². The number of anilines is 1. The summed E-state index contributed by atoms with van der Waals surface area (Å²) in [5, 5.41) is 3.46. The highest BCUT2D eigenvalue weighted by Gasteiger charge is 2.03. The van der Waals surface area contributed by atoms with E-state index in [4.69, 9.17) is 0 Å². The Kier molecular flexibility index (Phi) is 6.59. The van der Waals surface area contributed by atoms with Gasteiger partial charge in [-0.25, -0.2) is 0 Å². The minimum Gasteiger partial charge on any atom is -0.380 e. The number of hydrogen-bond donors (Lipinski definition) is 1. The van der Waals surface area contributed by atoms with Crippen LogP contribution < -0.4 is 5.32 Å². The van der Waals surface area contributed by atoms with E-state index < -0.39 is 0 Å². The van der Waals surface area contributed by atoms with Gasteiger partial charge in [0.1, 0.15) is 0 Å². The molecule has 0 aliphatic rings. The fraction of sp³-hybridized carbons (Fsp3) is 0.375. The average molecular weight is 417 g/mol. The third kappa shape index (κ3) is 4.90. The van der Waals surface area contributed by atoms with Gasteiger partial charge in [0.2, 0.25) is 0 Å². The fourth-order valence-corrected chi connectivity index (χ4v) is 4.15. The number of thiophene rings is 1. The van der Waals surface area contributed by atoms with Gasteiger partial charge in [-0.2, -0.15) is 0 Å². The highest BCUT2D eigenvalue weighted by atomic mass is 79.9. The van der Waals surface area contributed by atoms with Crippen molar-refractivity contribution in [1.29, 1.82) is 0 Å². The first-order valence-electron chi connectivity index (χ1n) is 6.95. The molecule has 1 aromatic heterocycles. The zero-order valence-corrected chi connectivity index (χ0v) is 15.6. The van der Waals surface area contributed by atoms with Crippen molar-refractivity contribution in [1.82, 2.24) is 0 Å². The maximum atomic E-state index is 3.53. The Morgan fingerprint density at radius 3 is 2.45 bits per heavy atom. The van der Waals surface area contributed by atoms with Gasteiger partial charge in [-0.15, -0.1) is 11.3 Å². The molecular formula is C16H19Br2NS. The summed E-state index contributed by atoms with van der Waals surface area (Å²) in [6.07, 6.45) is 5.09. The first kappa shape index (κ1) is 16.1. The van der Waals surface area contributed by atoms with Gasteiger partial charge in [0.15, 0.2) is 0 Å². The van der Waals surface area contributed by atoms with Crippen LogP contribution in [0.2, 0.25) is 0 Å². The molecule has 0 atom stereocenters. The Morgan fingerprint density at radius 1 is 1.10 bits per heavy atom. The molecule has 0 aliphatic carbocycles. The predicted octanol–water partition coefficient (Wildman–Crippen LogP) is 6.62. The summed E-state index contributed by atoms with van der Waals surface area (Å²) in [6.45, 7) is 3.11. The summed E-state index contributed by atoms with van der Waals surface area (Å²) < 4.78 is 2.28. The Balaban J connectivity index is 1.84. The van der Waals surface area contributed by atoms with Crippen molar-refractivity contribution in [3.05, 3.63) is 49.0 Å². The van der Waals surface area contributed by atoms with Gasteiger partial charge >= 0.3 is 0 Å². The van der Waals surface area contributed by atoms with Crippen molar-refractivity contribution in [2.45, 2.75) is 39.2 Å². The predicted molar refractivity (Wildman–Crippen MR) is 96.7 cm³/mol. The van der Waals surface area contributed by atoms with Gasteiger partial charge in [0.25, 0.3) is 0 Å². The Labute approximate surface area is 142 Å². The fourth-order valence-electron chi connectivity index (χ4n) is 2.04. The van der Waals surface area contributed by atoms with Gasteiger partial charge in [0.05, 0.1) is 3.79 Å². The number of hydrogen-bond acceptors (Lipinski definition) is 2. The van der Waals surface area contributed by atoms with E-state index >= 15 is 0 Å². The maximum absolute atomic E-state index is 3.53. The van der Waals surface area contributed by atoms with Gasteiger partial charge in [-0.3, -0.25) is 0 Å². The average Bonchev–Trinajstić information content (AvgIpc) is 2.77. The molecule has 1 aromatic carbocycles. The molecule has 1 heterocycles. The van der Waals surface area contributed by atoms with Crippen molar-refractivity contribution in [3.8, 4) is 0 Å². The molecule has 2 rings (SSSR count). The van der Waals surface area contributed by atoms with Crippen LogP contribution in [0.5, 0.6) is 0 Å². The van der Waals surface area contributed by atoms with Crippen LogP contribution in [0.15, 0.2) is 38.6 Å². The molecule has 0 fully saturated rings. The summed E-state index contributed by atoms with van der Waals surface area (Å²) in [5.74, 6) is 0. The molecule has 0 amide bonds. The van der Waals surface area contributed by atoms with Gasteiger partial charge in [-0.05, 0) is 68.5 Å². The lowest BCUT2D eigenvalue weighted by Crippen LogP contribution is -1.97. The van der Waals surface area contributed by atoms with Crippen molar-refractivity contribution >= 4 is 48.9 Å². The SMILES string of the molecule is CCCCCc1ccc(NCc2cc(Br)c(Br)s2)cc1. The monoisotopic (exact) mass is 415 g/mol. The Morgan fingerprint density at radius 2 is 1.85 bits per heavy atom. The topological polar surface area (TPSA) is 12.0 Å². The van der Waals surface area contributed by atoms with Crippen molar-refractivity contribution < 1.29 is 0 Å². The van der Waals surface area contributed by atoms with Crippen molar-refractivity contribution in [3.63, 3.8) is 0 Å². The van der Waals surface area contributed by atoms with Crippen LogP contribution >= 0.6 is 43.2 Å². The second-order valence-electron chi connectivity index (χ2n) is 4.84. The van der Waals surface area contributed by atoms with Crippen LogP contribution in [0.4, 0.5) is 5.69 Å². The van der Waals surface area contributed by atoms with Crippen LogP contribution in [0.3, 0.4) is 0 Å². The van der Waals surface area contributed by atoms with Crippen LogP contribution in [-0.2, 0) is 13.0 Å². The molecule has 0 bridgehead atoms. The highest BCUT2D eigenvalue weighted by Crippen LogP contribution is 2.32. The molecule has 0 saturated carbocycles. The minimum atomic E-state index is 0.865. The molecule has 1 nitrogen and oxygen atoms in total. The second kappa shape index (κ2) is 8.20. The lowest BCUT2D eigenvalue weighted by molar-refractivity contribution is 0.717. The van der Waals surface area contributed by atoms with Crippen LogP contribution in [0.1, 0.15) is 36.6 Å². The molecule has 0 aliphatic heterocycles. The summed E-state index contributed by atoms with van der Waals surface area (Å²) in [5.41, 5.74) is 2.62. The molecule has 0 radical (unpaired) electrons. The molecule has 4 heteroatoms. The Hall–Kier alpha value is -0.320. The minimum absolute atomic E-state index is 0.865. The summed E-state index contributed by atoms with van der Waals surface area (Å²) in [4.78, 5) is 1.32. The number of unbranched alkanes of at least 4 members (excludes halogenated alkanes) is 2. The third-order valence-corrected chi connectivity index (χ3v) is 6.44. The molecule has 0 saturated heterocycles. The van der Waals surface area contributed by atoms with Crippen molar-refractivity contribution in [2.24, 2.45) is 0 Å². The second-order valence-corrected chi connectivity index (χ2v) is 8.15. The first-order chi connectivity index (χ1) is 9.69. The zero-order valence-electron chi connectivity index (χ0n) is 11.6. The molecule has 1 N–H and O–H groups in total. The number of nitrogens with one attached hydrogen (secondary N) is 1. The van der Waals surface area contributed by atoms with Crippen LogP contribution in [-0.4, -0.2) is 0 Å². The van der Waals surface area contributed by atoms with E-state index in [0.29, 0.717) is 0 Å². The van der Waals surface area contributed by atoms with Gasteiger partial charge < -0.3 is 5.32 Å². The smallest absolute Gasteiger partial charge is 0.0843 e. The van der Waals surface area contributed by atoms with E-state index in [0.717, 1.165) is 14.8 Å². The highest BCUT2D eigenvalue weighted by molar-refractivity contribution is 9.13. The number of halogens is 2. The van der Waals surface area contributed by atoms with Gasteiger partial charge in [0, 0.05) is 21.6 Å². The number of benzene rings is 1. The molecule has 108 valence electrons. The van der Waals surface area contributed by atoms with E-state index in [1.54, 1.807) is 11.3 Å². The summed E-state index contributed by atoms with van der Waals surface area (Å²) in [7, 11) is 0. The first-order valence-corrected chi connectivity index (χ1v) is 9.36. The van der Waals surface area contributed by atoms with E-state index in [2.05, 4.69) is 74.4 Å². The van der Waals surface area contributed by atoms with Crippen LogP contribution in [0, 0.1) is 0 Å². The standard InChI is InChI=1S/C16H19Br2NS/c1-2-3-4-5-12-6-8-13(9-7-12)19-11-14-10-15(17)16(18)20-14/h6-10,19H,2-5,11H2,1H3. The lowest BCUT2D eigenvalue weighted by Gasteiger charge is -2.06. The molecule has 20 heavy (non-hydrogen) atoms. The normalized spacial score (nSPS) is 10.8. The number of aryl methyl sites for hydroxylation is 1. The van der Waals surface area contributed by atoms with Gasteiger partial charge in [-0.1, -0.05) is 31.9 Å². The molecule has 0 spiro atoms. The Bertz CT molecular complexity index is 514. The largest absolute Gasteiger partial charge is 0.380 e.